The third-order valence-electron chi connectivity index (χ3n) is 4.25. The molecule has 2 heteroatoms. The number of nitrogens with one attached hydrogen (secondary N) is 1. The smallest absolute Gasteiger partial charge is 0.00198 e. The summed E-state index contributed by atoms with van der Waals surface area (Å²) in [6, 6.07) is 0. The minimum Gasteiger partial charge on any atom is -0.316 e. The average molecular weight is 241 g/mol. The zero-order chi connectivity index (χ0) is 11.2. The van der Waals surface area contributed by atoms with Crippen molar-refractivity contribution >= 4 is 11.8 Å². The fourth-order valence-electron chi connectivity index (χ4n) is 3.19. The van der Waals surface area contributed by atoms with E-state index in [0.29, 0.717) is 0 Å². The summed E-state index contributed by atoms with van der Waals surface area (Å²) in [6.45, 7) is 4.99. The van der Waals surface area contributed by atoms with Crippen LogP contribution in [0.2, 0.25) is 0 Å². The van der Waals surface area contributed by atoms with Gasteiger partial charge in [0.25, 0.3) is 0 Å². The van der Waals surface area contributed by atoms with Crippen molar-refractivity contribution in [1.29, 1.82) is 0 Å². The summed E-state index contributed by atoms with van der Waals surface area (Å²) in [6.07, 6.45) is 8.76. The molecule has 1 saturated carbocycles. The Bertz CT molecular complexity index is 189. The van der Waals surface area contributed by atoms with Crippen molar-refractivity contribution in [2.45, 2.75) is 45.4 Å². The van der Waals surface area contributed by atoms with E-state index in [0.717, 1.165) is 17.8 Å². The Morgan fingerprint density at radius 3 is 2.50 bits per heavy atom. The summed E-state index contributed by atoms with van der Waals surface area (Å²) in [4.78, 5) is 0. The third-order valence-corrected chi connectivity index (χ3v) is 5.30. The first-order valence-electron chi connectivity index (χ1n) is 7.13. The van der Waals surface area contributed by atoms with E-state index in [4.69, 9.17) is 0 Å². The molecule has 0 aromatic rings. The molecule has 1 N–H and O–H groups in total. The second-order valence-electron chi connectivity index (χ2n) is 5.85. The van der Waals surface area contributed by atoms with Crippen molar-refractivity contribution in [2.75, 3.05) is 24.6 Å². The molecule has 2 fully saturated rings. The molecule has 1 aliphatic carbocycles. The molecule has 0 radical (unpaired) electrons. The lowest BCUT2D eigenvalue weighted by molar-refractivity contribution is 0.269. The maximum atomic E-state index is 3.74. The van der Waals surface area contributed by atoms with Crippen molar-refractivity contribution in [3.8, 4) is 0 Å². The van der Waals surface area contributed by atoms with Crippen LogP contribution in [0.3, 0.4) is 0 Å². The van der Waals surface area contributed by atoms with Crippen LogP contribution in [0.5, 0.6) is 0 Å². The van der Waals surface area contributed by atoms with Crippen LogP contribution in [0.4, 0.5) is 0 Å². The monoisotopic (exact) mass is 241 g/mol. The van der Waals surface area contributed by atoms with E-state index in [1.54, 1.807) is 0 Å². The minimum absolute atomic E-state index is 0.974. The molecule has 2 rings (SSSR count). The van der Waals surface area contributed by atoms with Gasteiger partial charge in [0.15, 0.2) is 0 Å². The number of rotatable bonds is 4. The highest BCUT2D eigenvalue weighted by Gasteiger charge is 2.19. The first kappa shape index (κ1) is 12.8. The van der Waals surface area contributed by atoms with Crippen molar-refractivity contribution in [1.82, 2.24) is 5.32 Å². The second-order valence-corrected chi connectivity index (χ2v) is 7.08. The van der Waals surface area contributed by atoms with Crippen LogP contribution >= 0.6 is 11.8 Å². The molecular weight excluding hydrogens is 214 g/mol. The molecule has 0 amide bonds. The average Bonchev–Trinajstić information content (AvgIpc) is 2.30. The molecule has 1 saturated heterocycles. The van der Waals surface area contributed by atoms with E-state index in [-0.39, 0.29) is 0 Å². The lowest BCUT2D eigenvalue weighted by atomic mass is 9.82. The molecule has 0 spiro atoms. The Hall–Kier alpha value is 0.310. The lowest BCUT2D eigenvalue weighted by Gasteiger charge is -2.28. The molecule has 1 nitrogen and oxygen atoms in total. The standard InChI is InChI=1S/C14H27NS/c1-12-3-2-4-14(9-12)11-15-10-13-5-7-16-8-6-13/h12-15H,2-11H2,1H3. The predicted octanol–water partition coefficient (Wildman–Crippen LogP) is 3.55. The molecule has 0 bridgehead atoms. The van der Waals surface area contributed by atoms with Gasteiger partial charge in [-0.05, 0) is 68.0 Å². The third kappa shape index (κ3) is 4.29. The summed E-state index contributed by atoms with van der Waals surface area (Å²) >= 11 is 2.13. The van der Waals surface area contributed by atoms with Crippen molar-refractivity contribution in [3.05, 3.63) is 0 Å². The highest BCUT2D eigenvalue weighted by atomic mass is 32.2. The number of hydrogen-bond acceptors (Lipinski definition) is 2. The molecule has 0 aromatic heterocycles. The summed E-state index contributed by atoms with van der Waals surface area (Å²) in [5, 5.41) is 3.74. The van der Waals surface area contributed by atoms with E-state index < -0.39 is 0 Å². The molecule has 2 aliphatic rings. The zero-order valence-electron chi connectivity index (χ0n) is 10.7. The largest absolute Gasteiger partial charge is 0.316 e. The second kappa shape index (κ2) is 6.90. The van der Waals surface area contributed by atoms with E-state index in [1.165, 1.54) is 63.1 Å². The first-order valence-corrected chi connectivity index (χ1v) is 8.28. The lowest BCUT2D eigenvalue weighted by Crippen LogP contribution is -2.31. The Morgan fingerprint density at radius 1 is 1.00 bits per heavy atom. The van der Waals surface area contributed by atoms with Gasteiger partial charge in [-0.2, -0.15) is 11.8 Å². The quantitative estimate of drug-likeness (QED) is 0.808. The van der Waals surface area contributed by atoms with Crippen molar-refractivity contribution in [3.63, 3.8) is 0 Å². The maximum Gasteiger partial charge on any atom is -0.00198 e. The van der Waals surface area contributed by atoms with E-state index in [9.17, 15) is 0 Å². The predicted molar refractivity (Wildman–Crippen MR) is 74.0 cm³/mol. The van der Waals surface area contributed by atoms with Gasteiger partial charge >= 0.3 is 0 Å². The highest BCUT2D eigenvalue weighted by Crippen LogP contribution is 2.28. The van der Waals surface area contributed by atoms with Gasteiger partial charge in [-0.1, -0.05) is 19.8 Å². The highest BCUT2D eigenvalue weighted by molar-refractivity contribution is 7.99. The fraction of sp³-hybridized carbons (Fsp3) is 1.00. The molecule has 1 heterocycles. The number of thioether (sulfide) groups is 1. The topological polar surface area (TPSA) is 12.0 Å². The molecule has 2 unspecified atom stereocenters. The molecule has 94 valence electrons. The Kier molecular flexibility index (Phi) is 5.51. The van der Waals surface area contributed by atoms with Gasteiger partial charge in [0.2, 0.25) is 0 Å². The summed E-state index contributed by atoms with van der Waals surface area (Å²) < 4.78 is 0. The molecule has 16 heavy (non-hydrogen) atoms. The van der Waals surface area contributed by atoms with Gasteiger partial charge in [-0.25, -0.2) is 0 Å². The van der Waals surface area contributed by atoms with E-state index in [2.05, 4.69) is 24.0 Å². The molecule has 2 atom stereocenters. The fourth-order valence-corrected chi connectivity index (χ4v) is 4.39. The van der Waals surface area contributed by atoms with Crippen LogP contribution < -0.4 is 5.32 Å². The molecule has 0 aromatic carbocycles. The van der Waals surface area contributed by atoms with Gasteiger partial charge < -0.3 is 5.32 Å². The first-order chi connectivity index (χ1) is 7.84. The molecule has 1 aliphatic heterocycles. The normalized spacial score (nSPS) is 32.8. The van der Waals surface area contributed by atoms with Crippen LogP contribution in [0.1, 0.15) is 45.4 Å². The summed E-state index contributed by atoms with van der Waals surface area (Å²) in [5.74, 6) is 5.72. The van der Waals surface area contributed by atoms with Crippen LogP contribution in [0.15, 0.2) is 0 Å². The van der Waals surface area contributed by atoms with Crippen LogP contribution in [0, 0.1) is 17.8 Å². The van der Waals surface area contributed by atoms with Gasteiger partial charge in [-0.3, -0.25) is 0 Å². The van der Waals surface area contributed by atoms with Gasteiger partial charge in [0.05, 0.1) is 0 Å². The Labute approximate surface area is 105 Å². The number of hydrogen-bond donors (Lipinski definition) is 1. The maximum absolute atomic E-state index is 3.74. The van der Waals surface area contributed by atoms with E-state index >= 15 is 0 Å². The van der Waals surface area contributed by atoms with Crippen LogP contribution in [-0.2, 0) is 0 Å². The van der Waals surface area contributed by atoms with E-state index in [1.807, 2.05) is 0 Å². The van der Waals surface area contributed by atoms with Gasteiger partial charge in [-0.15, -0.1) is 0 Å². The molecular formula is C14H27NS. The van der Waals surface area contributed by atoms with Gasteiger partial charge in [0.1, 0.15) is 0 Å². The Balaban J connectivity index is 1.56. The van der Waals surface area contributed by atoms with Crippen LogP contribution in [-0.4, -0.2) is 24.6 Å². The summed E-state index contributed by atoms with van der Waals surface area (Å²) in [7, 11) is 0. The van der Waals surface area contributed by atoms with Crippen molar-refractivity contribution in [2.24, 2.45) is 17.8 Å². The van der Waals surface area contributed by atoms with Crippen LogP contribution in [0.25, 0.3) is 0 Å². The van der Waals surface area contributed by atoms with Gasteiger partial charge in [0, 0.05) is 0 Å². The Morgan fingerprint density at radius 2 is 1.75 bits per heavy atom. The zero-order valence-corrected chi connectivity index (χ0v) is 11.5. The SMILES string of the molecule is CC1CCCC(CNCC2CCSCC2)C1. The minimum atomic E-state index is 0.974. The van der Waals surface area contributed by atoms with Crippen molar-refractivity contribution < 1.29 is 0 Å². The summed E-state index contributed by atoms with van der Waals surface area (Å²) in [5.41, 5.74) is 0.